The SMILES string of the molecule is Cn1cc(-c2ccn(Cc3cccc(C(=O)O)c3)n2)cn1. The Kier molecular flexibility index (Phi) is 3.27. The molecule has 0 bridgehead atoms. The summed E-state index contributed by atoms with van der Waals surface area (Å²) in [4.78, 5) is 11.0. The lowest BCUT2D eigenvalue weighted by Crippen LogP contribution is -2.03. The molecule has 0 atom stereocenters. The van der Waals surface area contributed by atoms with E-state index >= 15 is 0 Å². The number of aryl methyl sites for hydroxylation is 1. The van der Waals surface area contributed by atoms with Crippen molar-refractivity contribution in [3.8, 4) is 11.3 Å². The predicted octanol–water partition coefficient (Wildman–Crippen LogP) is 2.03. The van der Waals surface area contributed by atoms with Crippen LogP contribution in [0.2, 0.25) is 0 Å². The zero-order valence-corrected chi connectivity index (χ0v) is 11.5. The molecule has 0 aliphatic heterocycles. The summed E-state index contributed by atoms with van der Waals surface area (Å²) in [5.74, 6) is -0.923. The molecule has 0 amide bonds. The number of nitrogens with zero attached hydrogens (tertiary/aromatic N) is 4. The van der Waals surface area contributed by atoms with E-state index in [-0.39, 0.29) is 5.56 Å². The average molecular weight is 282 g/mol. The first-order valence-corrected chi connectivity index (χ1v) is 6.46. The highest BCUT2D eigenvalue weighted by Gasteiger charge is 2.07. The standard InChI is InChI=1S/C15H14N4O2/c1-18-10-13(8-16-18)14-5-6-19(17-14)9-11-3-2-4-12(7-11)15(20)21/h2-8,10H,9H2,1H3,(H,20,21). The van der Waals surface area contributed by atoms with Gasteiger partial charge in [-0.15, -0.1) is 0 Å². The molecule has 0 unspecified atom stereocenters. The molecule has 3 aromatic rings. The van der Waals surface area contributed by atoms with Gasteiger partial charge < -0.3 is 5.11 Å². The largest absolute Gasteiger partial charge is 0.478 e. The van der Waals surface area contributed by atoms with Crippen LogP contribution in [0.5, 0.6) is 0 Å². The van der Waals surface area contributed by atoms with Crippen LogP contribution in [0, 0.1) is 0 Å². The van der Waals surface area contributed by atoms with Gasteiger partial charge in [0.05, 0.1) is 24.0 Å². The van der Waals surface area contributed by atoms with Crippen molar-refractivity contribution in [1.82, 2.24) is 19.6 Å². The molecule has 0 aliphatic rings. The maximum atomic E-state index is 11.0. The molecule has 2 heterocycles. The number of aromatic nitrogens is 4. The van der Waals surface area contributed by atoms with E-state index in [9.17, 15) is 4.79 Å². The highest BCUT2D eigenvalue weighted by Crippen LogP contribution is 2.16. The van der Waals surface area contributed by atoms with Gasteiger partial charge >= 0.3 is 5.97 Å². The second-order valence-electron chi connectivity index (χ2n) is 4.81. The number of aromatic carboxylic acids is 1. The van der Waals surface area contributed by atoms with Crippen molar-refractivity contribution in [2.45, 2.75) is 6.54 Å². The minimum absolute atomic E-state index is 0.284. The zero-order valence-electron chi connectivity index (χ0n) is 11.5. The maximum Gasteiger partial charge on any atom is 0.335 e. The van der Waals surface area contributed by atoms with Gasteiger partial charge in [0, 0.05) is 25.0 Å². The Balaban J connectivity index is 1.81. The molecule has 0 aliphatic carbocycles. The first-order valence-electron chi connectivity index (χ1n) is 6.46. The van der Waals surface area contributed by atoms with Crippen LogP contribution in [0.3, 0.4) is 0 Å². The van der Waals surface area contributed by atoms with Gasteiger partial charge in [0.15, 0.2) is 0 Å². The Morgan fingerprint density at radius 2 is 2.19 bits per heavy atom. The number of benzene rings is 1. The molecule has 2 aromatic heterocycles. The van der Waals surface area contributed by atoms with Gasteiger partial charge in [-0.25, -0.2) is 4.79 Å². The van der Waals surface area contributed by atoms with E-state index in [4.69, 9.17) is 5.11 Å². The summed E-state index contributed by atoms with van der Waals surface area (Å²) in [5.41, 5.74) is 2.98. The number of carboxylic acid groups (broad SMARTS) is 1. The fourth-order valence-corrected chi connectivity index (χ4v) is 2.15. The van der Waals surface area contributed by atoms with Crippen LogP contribution in [-0.4, -0.2) is 30.6 Å². The average Bonchev–Trinajstić information content (AvgIpc) is 3.08. The lowest BCUT2D eigenvalue weighted by atomic mass is 10.1. The van der Waals surface area contributed by atoms with Crippen LogP contribution in [0.25, 0.3) is 11.3 Å². The van der Waals surface area contributed by atoms with E-state index in [0.29, 0.717) is 6.54 Å². The van der Waals surface area contributed by atoms with Crippen LogP contribution in [0.1, 0.15) is 15.9 Å². The van der Waals surface area contributed by atoms with Crippen molar-refractivity contribution in [2.24, 2.45) is 7.05 Å². The molecule has 3 rings (SSSR count). The first kappa shape index (κ1) is 13.1. The van der Waals surface area contributed by atoms with E-state index in [1.54, 1.807) is 33.8 Å². The van der Waals surface area contributed by atoms with Gasteiger partial charge in [0.2, 0.25) is 0 Å². The zero-order chi connectivity index (χ0) is 14.8. The summed E-state index contributed by atoms with van der Waals surface area (Å²) in [5, 5.41) is 17.6. The third-order valence-electron chi connectivity index (χ3n) is 3.16. The summed E-state index contributed by atoms with van der Waals surface area (Å²) in [6.07, 6.45) is 5.53. The van der Waals surface area contributed by atoms with Gasteiger partial charge in [-0.2, -0.15) is 10.2 Å². The van der Waals surface area contributed by atoms with Crippen molar-refractivity contribution in [2.75, 3.05) is 0 Å². The topological polar surface area (TPSA) is 72.9 Å². The van der Waals surface area contributed by atoms with E-state index in [1.165, 1.54) is 0 Å². The molecule has 0 fully saturated rings. The van der Waals surface area contributed by atoms with Crippen molar-refractivity contribution in [1.29, 1.82) is 0 Å². The van der Waals surface area contributed by atoms with Crippen LogP contribution >= 0.6 is 0 Å². The van der Waals surface area contributed by atoms with Crippen molar-refractivity contribution >= 4 is 5.97 Å². The summed E-state index contributed by atoms with van der Waals surface area (Å²) < 4.78 is 3.51. The Morgan fingerprint density at radius 3 is 2.90 bits per heavy atom. The quantitative estimate of drug-likeness (QED) is 0.794. The van der Waals surface area contributed by atoms with Crippen LogP contribution < -0.4 is 0 Å². The van der Waals surface area contributed by atoms with Crippen molar-refractivity contribution < 1.29 is 9.90 Å². The van der Waals surface area contributed by atoms with Gasteiger partial charge in [0.1, 0.15) is 0 Å². The molecule has 1 N–H and O–H groups in total. The molecule has 6 heteroatoms. The van der Waals surface area contributed by atoms with Gasteiger partial charge in [0.25, 0.3) is 0 Å². The fourth-order valence-electron chi connectivity index (χ4n) is 2.15. The Hall–Kier alpha value is -2.89. The third-order valence-corrected chi connectivity index (χ3v) is 3.16. The van der Waals surface area contributed by atoms with E-state index in [0.717, 1.165) is 16.8 Å². The van der Waals surface area contributed by atoms with E-state index in [2.05, 4.69) is 10.2 Å². The molecule has 0 saturated carbocycles. The molecular formula is C15H14N4O2. The third kappa shape index (κ3) is 2.84. The number of hydrogen-bond acceptors (Lipinski definition) is 3. The van der Waals surface area contributed by atoms with Gasteiger partial charge in [-0.05, 0) is 23.8 Å². The fraction of sp³-hybridized carbons (Fsp3) is 0.133. The molecule has 0 saturated heterocycles. The second kappa shape index (κ2) is 5.24. The summed E-state index contributed by atoms with van der Waals surface area (Å²) in [7, 11) is 1.86. The number of carboxylic acids is 1. The molecule has 6 nitrogen and oxygen atoms in total. The van der Waals surface area contributed by atoms with Crippen LogP contribution in [0.4, 0.5) is 0 Å². The number of rotatable bonds is 4. The molecular weight excluding hydrogens is 268 g/mol. The highest BCUT2D eigenvalue weighted by molar-refractivity contribution is 5.87. The summed E-state index contributed by atoms with van der Waals surface area (Å²) in [6.45, 7) is 0.529. The highest BCUT2D eigenvalue weighted by atomic mass is 16.4. The number of hydrogen-bond donors (Lipinski definition) is 1. The number of carbonyl (C=O) groups is 1. The summed E-state index contributed by atoms with van der Waals surface area (Å²) >= 11 is 0. The smallest absolute Gasteiger partial charge is 0.335 e. The van der Waals surface area contributed by atoms with Crippen molar-refractivity contribution in [3.63, 3.8) is 0 Å². The normalized spacial score (nSPS) is 10.7. The Bertz CT molecular complexity index is 788. The predicted molar refractivity (Wildman–Crippen MR) is 76.9 cm³/mol. The lowest BCUT2D eigenvalue weighted by molar-refractivity contribution is 0.0696. The minimum Gasteiger partial charge on any atom is -0.478 e. The maximum absolute atomic E-state index is 11.0. The molecule has 0 radical (unpaired) electrons. The molecule has 21 heavy (non-hydrogen) atoms. The Morgan fingerprint density at radius 1 is 1.33 bits per heavy atom. The molecule has 106 valence electrons. The van der Waals surface area contributed by atoms with Crippen LogP contribution in [0.15, 0.2) is 48.9 Å². The van der Waals surface area contributed by atoms with Crippen molar-refractivity contribution in [3.05, 3.63) is 60.0 Å². The minimum atomic E-state index is -0.923. The monoisotopic (exact) mass is 282 g/mol. The Labute approximate surface area is 121 Å². The first-order chi connectivity index (χ1) is 10.1. The summed E-state index contributed by atoms with van der Waals surface area (Å²) in [6, 6.07) is 8.78. The van der Waals surface area contributed by atoms with E-state index in [1.807, 2.05) is 31.6 Å². The van der Waals surface area contributed by atoms with Crippen LogP contribution in [-0.2, 0) is 13.6 Å². The van der Waals surface area contributed by atoms with Gasteiger partial charge in [-0.1, -0.05) is 12.1 Å². The lowest BCUT2D eigenvalue weighted by Gasteiger charge is -2.03. The van der Waals surface area contributed by atoms with Gasteiger partial charge in [-0.3, -0.25) is 9.36 Å². The van der Waals surface area contributed by atoms with E-state index < -0.39 is 5.97 Å². The molecule has 1 aromatic carbocycles. The molecule has 0 spiro atoms. The second-order valence-corrected chi connectivity index (χ2v) is 4.81.